The summed E-state index contributed by atoms with van der Waals surface area (Å²) >= 11 is 6.65. The second-order valence-corrected chi connectivity index (χ2v) is 7.21. The molecule has 5 rings (SSSR count). The Morgan fingerprint density at radius 3 is 2.63 bits per heavy atom. The lowest BCUT2D eigenvalue weighted by Gasteiger charge is -2.20. The molecular formula is C22H17ClN4O3. The van der Waals surface area contributed by atoms with Gasteiger partial charge in [0.05, 0.1) is 25.3 Å². The SMILES string of the molecule is COc1cccc(Oc2nc(N)nc(-c3c(Cl)cc4c5c(cccc35)COC4)n2)c1. The number of hydrogen-bond donors (Lipinski definition) is 1. The van der Waals surface area contributed by atoms with Crippen LogP contribution in [0.5, 0.6) is 17.5 Å². The first kappa shape index (κ1) is 18.6. The highest BCUT2D eigenvalue weighted by Crippen LogP contribution is 2.40. The van der Waals surface area contributed by atoms with Gasteiger partial charge in [0.15, 0.2) is 5.82 Å². The highest BCUT2D eigenvalue weighted by atomic mass is 35.5. The molecule has 0 atom stereocenters. The molecule has 8 heteroatoms. The molecule has 0 bridgehead atoms. The Balaban J connectivity index is 1.64. The largest absolute Gasteiger partial charge is 0.497 e. The molecular weight excluding hydrogens is 404 g/mol. The van der Waals surface area contributed by atoms with Gasteiger partial charge in [-0.2, -0.15) is 15.0 Å². The van der Waals surface area contributed by atoms with Crippen molar-refractivity contribution in [1.82, 2.24) is 15.0 Å². The fourth-order valence-electron chi connectivity index (χ4n) is 3.65. The summed E-state index contributed by atoms with van der Waals surface area (Å²) < 4.78 is 16.7. The number of hydrogen-bond acceptors (Lipinski definition) is 7. The molecule has 0 spiro atoms. The Morgan fingerprint density at radius 1 is 0.967 bits per heavy atom. The Morgan fingerprint density at radius 2 is 1.77 bits per heavy atom. The van der Waals surface area contributed by atoms with Crippen molar-refractivity contribution in [1.29, 1.82) is 0 Å². The van der Waals surface area contributed by atoms with Gasteiger partial charge in [-0.25, -0.2) is 0 Å². The van der Waals surface area contributed by atoms with Crippen molar-refractivity contribution in [2.24, 2.45) is 0 Å². The van der Waals surface area contributed by atoms with E-state index in [1.165, 1.54) is 0 Å². The minimum absolute atomic E-state index is 0.0396. The van der Waals surface area contributed by atoms with Crippen molar-refractivity contribution in [3.8, 4) is 28.9 Å². The second kappa shape index (κ2) is 7.44. The summed E-state index contributed by atoms with van der Waals surface area (Å²) in [5.41, 5.74) is 8.79. The molecule has 7 nitrogen and oxygen atoms in total. The number of aromatic nitrogens is 3. The zero-order valence-electron chi connectivity index (χ0n) is 16.1. The molecule has 0 radical (unpaired) electrons. The van der Waals surface area contributed by atoms with E-state index in [0.717, 1.165) is 21.9 Å². The van der Waals surface area contributed by atoms with Crippen LogP contribution in [0.1, 0.15) is 11.1 Å². The quantitative estimate of drug-likeness (QED) is 0.508. The first-order chi connectivity index (χ1) is 14.6. The van der Waals surface area contributed by atoms with Gasteiger partial charge in [-0.3, -0.25) is 0 Å². The summed E-state index contributed by atoms with van der Waals surface area (Å²) in [4.78, 5) is 12.9. The lowest BCUT2D eigenvalue weighted by atomic mass is 9.94. The smallest absolute Gasteiger partial charge is 0.327 e. The van der Waals surface area contributed by atoms with E-state index in [9.17, 15) is 0 Å². The zero-order valence-corrected chi connectivity index (χ0v) is 16.8. The molecule has 150 valence electrons. The molecule has 30 heavy (non-hydrogen) atoms. The Hall–Kier alpha value is -3.42. The summed E-state index contributed by atoms with van der Waals surface area (Å²) in [7, 11) is 1.59. The van der Waals surface area contributed by atoms with E-state index in [2.05, 4.69) is 15.0 Å². The average Bonchev–Trinajstić information content (AvgIpc) is 2.74. The lowest BCUT2D eigenvalue weighted by molar-refractivity contribution is 0.103. The summed E-state index contributed by atoms with van der Waals surface area (Å²) in [5.74, 6) is 1.56. The summed E-state index contributed by atoms with van der Waals surface area (Å²) in [6.07, 6.45) is 0. The summed E-state index contributed by atoms with van der Waals surface area (Å²) in [6, 6.07) is 15.1. The molecule has 0 saturated carbocycles. The van der Waals surface area contributed by atoms with Crippen molar-refractivity contribution in [2.45, 2.75) is 13.2 Å². The molecule has 0 amide bonds. The molecule has 3 aromatic carbocycles. The highest BCUT2D eigenvalue weighted by molar-refractivity contribution is 6.35. The van der Waals surface area contributed by atoms with Gasteiger partial charge in [0.1, 0.15) is 11.5 Å². The maximum atomic E-state index is 6.65. The van der Waals surface area contributed by atoms with E-state index in [1.807, 2.05) is 36.4 Å². The number of nitrogen functional groups attached to an aromatic ring is 1. The van der Waals surface area contributed by atoms with Crippen molar-refractivity contribution >= 4 is 28.3 Å². The number of methoxy groups -OCH3 is 1. The van der Waals surface area contributed by atoms with Crippen LogP contribution in [0.2, 0.25) is 5.02 Å². The average molecular weight is 421 g/mol. The Labute approximate surface area is 177 Å². The number of anilines is 1. The van der Waals surface area contributed by atoms with Crippen molar-refractivity contribution in [3.63, 3.8) is 0 Å². The van der Waals surface area contributed by atoms with Crippen LogP contribution in [0.4, 0.5) is 5.95 Å². The standard InChI is InChI=1S/C22H17ClN4O3/c1-28-14-5-3-6-15(9-14)30-22-26-20(25-21(24)27-22)19-16-7-2-4-12-10-29-11-13(18(12)16)8-17(19)23/h2-9H,10-11H2,1H3,(H2,24,25,26,27). The number of halogens is 1. The first-order valence-corrected chi connectivity index (χ1v) is 9.65. The van der Waals surface area contributed by atoms with Gasteiger partial charge in [-0.1, -0.05) is 35.9 Å². The molecule has 0 aliphatic carbocycles. The van der Waals surface area contributed by atoms with E-state index >= 15 is 0 Å². The summed E-state index contributed by atoms with van der Waals surface area (Å²) in [6.45, 7) is 1.06. The predicted octanol–water partition coefficient (Wildman–Crippen LogP) is 4.76. The van der Waals surface area contributed by atoms with Gasteiger partial charge in [-0.05, 0) is 40.1 Å². The third-order valence-corrected chi connectivity index (χ3v) is 5.20. The van der Waals surface area contributed by atoms with Crippen LogP contribution >= 0.6 is 11.6 Å². The van der Waals surface area contributed by atoms with Crippen LogP contribution in [0.15, 0.2) is 48.5 Å². The van der Waals surface area contributed by atoms with Crippen LogP contribution < -0.4 is 15.2 Å². The molecule has 1 aliphatic heterocycles. The number of nitrogens with zero attached hydrogens (tertiary/aromatic N) is 3. The molecule has 2 heterocycles. The van der Waals surface area contributed by atoms with Crippen LogP contribution in [-0.4, -0.2) is 22.1 Å². The minimum Gasteiger partial charge on any atom is -0.497 e. The number of ether oxygens (including phenoxy) is 3. The van der Waals surface area contributed by atoms with E-state index in [0.29, 0.717) is 41.1 Å². The monoisotopic (exact) mass is 420 g/mol. The number of nitrogens with two attached hydrogens (primary N) is 1. The third-order valence-electron chi connectivity index (χ3n) is 4.90. The van der Waals surface area contributed by atoms with Gasteiger partial charge in [0, 0.05) is 11.6 Å². The van der Waals surface area contributed by atoms with Crippen LogP contribution in [0.3, 0.4) is 0 Å². The second-order valence-electron chi connectivity index (χ2n) is 6.81. The minimum atomic E-state index is 0.0396. The zero-order chi connectivity index (χ0) is 20.7. The van der Waals surface area contributed by atoms with Gasteiger partial charge in [0.25, 0.3) is 0 Å². The van der Waals surface area contributed by atoms with Crippen LogP contribution in [0.25, 0.3) is 22.2 Å². The third kappa shape index (κ3) is 3.28. The fraction of sp³-hybridized carbons (Fsp3) is 0.136. The first-order valence-electron chi connectivity index (χ1n) is 9.27. The van der Waals surface area contributed by atoms with E-state index in [4.69, 9.17) is 31.5 Å². The Kier molecular flexibility index (Phi) is 4.61. The van der Waals surface area contributed by atoms with Crippen LogP contribution in [-0.2, 0) is 18.0 Å². The molecule has 1 aliphatic rings. The molecule has 0 saturated heterocycles. The van der Waals surface area contributed by atoms with E-state index < -0.39 is 0 Å². The summed E-state index contributed by atoms with van der Waals surface area (Å²) in [5, 5.41) is 2.56. The van der Waals surface area contributed by atoms with Crippen LogP contribution in [0, 0.1) is 0 Å². The molecule has 4 aromatic rings. The van der Waals surface area contributed by atoms with Crippen molar-refractivity contribution in [3.05, 3.63) is 64.7 Å². The molecule has 0 fully saturated rings. The lowest BCUT2D eigenvalue weighted by Crippen LogP contribution is -2.07. The maximum Gasteiger partial charge on any atom is 0.327 e. The number of benzene rings is 3. The normalized spacial score (nSPS) is 12.7. The fourth-order valence-corrected chi connectivity index (χ4v) is 3.96. The Bertz CT molecular complexity index is 1280. The predicted molar refractivity (Wildman–Crippen MR) is 114 cm³/mol. The van der Waals surface area contributed by atoms with Gasteiger partial charge in [0.2, 0.25) is 5.95 Å². The maximum absolute atomic E-state index is 6.65. The topological polar surface area (TPSA) is 92.4 Å². The van der Waals surface area contributed by atoms with Crippen molar-refractivity contribution < 1.29 is 14.2 Å². The molecule has 2 N–H and O–H groups in total. The van der Waals surface area contributed by atoms with Gasteiger partial charge in [-0.15, -0.1) is 0 Å². The van der Waals surface area contributed by atoms with Gasteiger partial charge < -0.3 is 19.9 Å². The van der Waals surface area contributed by atoms with E-state index in [-0.39, 0.29) is 12.0 Å². The van der Waals surface area contributed by atoms with Gasteiger partial charge >= 0.3 is 6.01 Å². The molecule has 0 unspecified atom stereocenters. The van der Waals surface area contributed by atoms with E-state index in [1.54, 1.807) is 19.2 Å². The number of rotatable bonds is 4. The highest BCUT2D eigenvalue weighted by Gasteiger charge is 2.21. The molecule has 1 aromatic heterocycles. The van der Waals surface area contributed by atoms with Crippen molar-refractivity contribution in [2.75, 3.05) is 12.8 Å².